The number of piperidine rings is 1. The Balaban J connectivity index is 0.896. The molecule has 400 valence electrons. The number of aliphatic carboxylic acids is 1. The van der Waals surface area contributed by atoms with Gasteiger partial charge in [0.05, 0.1) is 149 Å². The van der Waals surface area contributed by atoms with Gasteiger partial charge in [-0.05, 0) is 82.5 Å². The summed E-state index contributed by atoms with van der Waals surface area (Å²) in [5.74, 6) is 0.137. The van der Waals surface area contributed by atoms with E-state index in [2.05, 4.69) is 23.2 Å². The van der Waals surface area contributed by atoms with Crippen molar-refractivity contribution in [3.8, 4) is 0 Å². The molecule has 3 heterocycles. The van der Waals surface area contributed by atoms with Gasteiger partial charge in [0.2, 0.25) is 5.91 Å². The number of hydrogen-bond donors (Lipinski definition) is 3. The second-order valence-corrected chi connectivity index (χ2v) is 18.4. The van der Waals surface area contributed by atoms with Crippen molar-refractivity contribution < 1.29 is 71.6 Å². The second-order valence-electron chi connectivity index (χ2n) is 17.2. The fourth-order valence-electron chi connectivity index (χ4n) is 7.54. The van der Waals surface area contributed by atoms with Crippen molar-refractivity contribution in [3.05, 3.63) is 21.4 Å². The summed E-state index contributed by atoms with van der Waals surface area (Å²) in [7, 11) is 0. The summed E-state index contributed by atoms with van der Waals surface area (Å²) in [6.45, 7) is 16.1. The van der Waals surface area contributed by atoms with Gasteiger partial charge in [0.25, 0.3) is 0 Å². The molecule has 0 atom stereocenters. The minimum atomic E-state index is -0.878. The van der Waals surface area contributed by atoms with E-state index >= 15 is 0 Å². The van der Waals surface area contributed by atoms with Gasteiger partial charge < -0.3 is 78.1 Å². The van der Waals surface area contributed by atoms with Crippen LogP contribution in [0.25, 0.3) is 6.08 Å². The third-order valence-electron chi connectivity index (χ3n) is 11.5. The minimum Gasteiger partial charge on any atom is -0.481 e. The molecule has 2 amide bonds. The number of amidine groups is 1. The first-order valence-electron chi connectivity index (χ1n) is 25.4. The topological polar surface area (TPSA) is 230 Å². The lowest BCUT2D eigenvalue weighted by Crippen LogP contribution is -2.37. The lowest BCUT2D eigenvalue weighted by Gasteiger charge is -2.31. The highest BCUT2D eigenvalue weighted by Gasteiger charge is 2.25. The SMILES string of the molecule is CCCN(CCCNC(=O)OC1CCC1)C(=O)C1=Cc2sc(CC3CCN(CCOCCOCCOCCOCCOCCOCCOCCOCCOCCOCCC(=O)O)CC3)cc2N=C(N)C1. The predicted molar refractivity (Wildman–Crippen MR) is 265 cm³/mol. The number of likely N-dealkylation sites (tertiary alicyclic amines) is 1. The quantitative estimate of drug-likeness (QED) is 0.0774. The summed E-state index contributed by atoms with van der Waals surface area (Å²) in [6, 6.07) is 2.15. The molecule has 1 aromatic heterocycles. The van der Waals surface area contributed by atoms with E-state index in [1.165, 1.54) is 4.88 Å². The first-order chi connectivity index (χ1) is 34.3. The monoisotopic (exact) mass is 1010 g/mol. The predicted octanol–water partition coefficient (Wildman–Crippen LogP) is 4.33. The van der Waals surface area contributed by atoms with Crippen LogP contribution in [0.1, 0.15) is 74.5 Å². The van der Waals surface area contributed by atoms with Crippen molar-refractivity contribution in [1.82, 2.24) is 15.1 Å². The van der Waals surface area contributed by atoms with E-state index in [0.29, 0.717) is 175 Å². The molecule has 0 radical (unpaired) electrons. The zero-order chi connectivity index (χ0) is 49.7. The molecule has 0 bridgehead atoms. The van der Waals surface area contributed by atoms with Crippen LogP contribution in [0.2, 0.25) is 0 Å². The van der Waals surface area contributed by atoms with Gasteiger partial charge in [-0.1, -0.05) is 6.92 Å². The van der Waals surface area contributed by atoms with Crippen LogP contribution in [0.3, 0.4) is 0 Å². The van der Waals surface area contributed by atoms with Crippen LogP contribution in [-0.4, -0.2) is 216 Å². The van der Waals surface area contributed by atoms with E-state index in [4.69, 9.17) is 67.9 Å². The number of hydrogen-bond acceptors (Lipinski definition) is 18. The zero-order valence-corrected chi connectivity index (χ0v) is 42.6. The molecule has 3 aliphatic rings. The summed E-state index contributed by atoms with van der Waals surface area (Å²) >= 11 is 1.72. The van der Waals surface area contributed by atoms with Gasteiger partial charge in [-0.25, -0.2) is 9.79 Å². The van der Waals surface area contributed by atoms with Crippen molar-refractivity contribution in [3.63, 3.8) is 0 Å². The Kier molecular flexibility index (Phi) is 32.4. The molecular weight excluding hydrogens is 931 g/mol. The first kappa shape index (κ1) is 59.2. The van der Waals surface area contributed by atoms with Crippen LogP contribution >= 0.6 is 11.3 Å². The van der Waals surface area contributed by atoms with Crippen LogP contribution < -0.4 is 11.1 Å². The van der Waals surface area contributed by atoms with E-state index in [-0.39, 0.29) is 31.1 Å². The fourth-order valence-corrected chi connectivity index (χ4v) is 8.72. The van der Waals surface area contributed by atoms with E-state index in [0.717, 1.165) is 75.1 Å². The fraction of sp³-hybridized carbons (Fsp3) is 0.796. The van der Waals surface area contributed by atoms with Gasteiger partial charge in [-0.3, -0.25) is 9.59 Å². The molecule has 2 fully saturated rings. The van der Waals surface area contributed by atoms with Crippen molar-refractivity contribution in [2.45, 2.75) is 77.2 Å². The number of carboxylic acid groups (broad SMARTS) is 1. The molecule has 21 heteroatoms. The van der Waals surface area contributed by atoms with Crippen LogP contribution in [0.5, 0.6) is 0 Å². The molecular formula is C49H83N5O15S. The number of amides is 2. The van der Waals surface area contributed by atoms with Crippen LogP contribution in [0.4, 0.5) is 10.5 Å². The van der Waals surface area contributed by atoms with Crippen molar-refractivity contribution in [2.75, 3.05) is 171 Å². The Bertz CT molecular complexity index is 1630. The summed E-state index contributed by atoms with van der Waals surface area (Å²) in [6.07, 6.45) is 9.68. The lowest BCUT2D eigenvalue weighted by molar-refractivity contribution is -0.138. The average Bonchev–Trinajstić information content (AvgIpc) is 3.62. The number of nitrogens with zero attached hydrogens (tertiary/aromatic N) is 3. The molecule has 2 aliphatic heterocycles. The van der Waals surface area contributed by atoms with Gasteiger partial charge in [-0.2, -0.15) is 0 Å². The number of rotatable bonds is 43. The van der Waals surface area contributed by atoms with E-state index in [1.54, 1.807) is 11.3 Å². The van der Waals surface area contributed by atoms with Crippen LogP contribution in [-0.2, 0) is 68.1 Å². The van der Waals surface area contributed by atoms with Gasteiger partial charge in [0.1, 0.15) is 11.9 Å². The number of ether oxygens (including phenoxy) is 11. The number of carbonyl (C=O) groups excluding carboxylic acids is 2. The Morgan fingerprint density at radius 1 is 0.729 bits per heavy atom. The van der Waals surface area contributed by atoms with Crippen molar-refractivity contribution in [2.24, 2.45) is 16.6 Å². The average molecular weight is 1010 g/mol. The van der Waals surface area contributed by atoms with Crippen LogP contribution in [0.15, 0.2) is 16.6 Å². The highest BCUT2D eigenvalue weighted by atomic mass is 32.1. The molecule has 0 aromatic carbocycles. The number of thiophene rings is 1. The highest BCUT2D eigenvalue weighted by Crippen LogP contribution is 2.37. The van der Waals surface area contributed by atoms with Gasteiger partial charge in [-0.15, -0.1) is 11.3 Å². The maximum absolute atomic E-state index is 13.8. The summed E-state index contributed by atoms with van der Waals surface area (Å²) < 4.78 is 60.4. The Morgan fingerprint density at radius 2 is 1.23 bits per heavy atom. The Hall–Kier alpha value is -3.32. The van der Waals surface area contributed by atoms with E-state index in [1.807, 2.05) is 11.0 Å². The molecule has 4 rings (SSSR count). The summed E-state index contributed by atoms with van der Waals surface area (Å²) in [4.78, 5) is 47.5. The molecule has 1 aromatic rings. The number of fused-ring (bicyclic) bond motifs is 1. The highest BCUT2D eigenvalue weighted by molar-refractivity contribution is 7.13. The third kappa shape index (κ3) is 27.5. The normalized spacial score (nSPS) is 15.5. The summed E-state index contributed by atoms with van der Waals surface area (Å²) in [5, 5.41) is 11.4. The number of nitrogens with one attached hydrogen (secondary N) is 1. The van der Waals surface area contributed by atoms with Crippen molar-refractivity contribution >= 4 is 46.9 Å². The zero-order valence-electron chi connectivity index (χ0n) is 41.8. The molecule has 70 heavy (non-hydrogen) atoms. The van der Waals surface area contributed by atoms with Crippen LogP contribution in [0, 0.1) is 5.92 Å². The Morgan fingerprint density at radius 3 is 1.70 bits per heavy atom. The minimum absolute atomic E-state index is 0.00796. The summed E-state index contributed by atoms with van der Waals surface area (Å²) in [5.41, 5.74) is 7.86. The molecule has 1 saturated carbocycles. The van der Waals surface area contributed by atoms with Gasteiger partial charge in [0, 0.05) is 43.1 Å². The maximum atomic E-state index is 13.8. The molecule has 20 nitrogen and oxygen atoms in total. The van der Waals surface area contributed by atoms with E-state index < -0.39 is 5.97 Å². The molecule has 4 N–H and O–H groups in total. The number of carbonyl (C=O) groups is 3. The largest absolute Gasteiger partial charge is 0.481 e. The number of carboxylic acids is 1. The second kappa shape index (κ2) is 38.3. The van der Waals surface area contributed by atoms with E-state index in [9.17, 15) is 14.4 Å². The van der Waals surface area contributed by atoms with Gasteiger partial charge in [0.15, 0.2) is 0 Å². The maximum Gasteiger partial charge on any atom is 0.407 e. The Labute approximate surface area is 419 Å². The number of aliphatic imine (C=N–C) groups is 1. The van der Waals surface area contributed by atoms with Crippen molar-refractivity contribution in [1.29, 1.82) is 0 Å². The molecule has 1 saturated heterocycles. The third-order valence-corrected chi connectivity index (χ3v) is 12.6. The lowest BCUT2D eigenvalue weighted by atomic mass is 9.93. The first-order valence-corrected chi connectivity index (χ1v) is 26.2. The molecule has 0 spiro atoms. The van der Waals surface area contributed by atoms with Gasteiger partial charge >= 0.3 is 12.1 Å². The molecule has 0 unspecified atom stereocenters. The smallest absolute Gasteiger partial charge is 0.407 e. The molecule has 1 aliphatic carbocycles. The number of nitrogens with two attached hydrogens (primary N) is 1. The standard InChI is InChI=1S/C49H83N5O15S/c1-2-11-54(12-4-10-51-49(58)69-42-5-3-6-42)48(57)41-37-45-44(52-46(50)38-41)39-43(70-45)36-40-7-13-53(14-8-40)15-17-60-19-21-62-23-25-64-27-29-66-31-33-68-35-34-67-32-30-65-28-26-63-24-22-61-20-18-59-16-9-47(55)56/h37,39-40,42H,2-36,38H2,1H3,(H2,50,52)(H,51,58)(H,55,56). The number of alkyl carbamates (subject to hydrolysis) is 1.